The third kappa shape index (κ3) is 4.11. The van der Waals surface area contributed by atoms with Crippen LogP contribution in [0.2, 0.25) is 0 Å². The van der Waals surface area contributed by atoms with Gasteiger partial charge in [-0.2, -0.15) is 5.26 Å². The zero-order chi connectivity index (χ0) is 23.8. The summed E-state index contributed by atoms with van der Waals surface area (Å²) in [6, 6.07) is 10.1. The molecule has 0 bridgehead atoms. The number of hydrogen-bond donors (Lipinski definition) is 1. The average molecular weight is 554 g/mol. The van der Waals surface area contributed by atoms with Crippen molar-refractivity contribution in [2.24, 2.45) is 0 Å². The van der Waals surface area contributed by atoms with Gasteiger partial charge in [0.1, 0.15) is 22.4 Å². The summed E-state index contributed by atoms with van der Waals surface area (Å²) in [6.45, 7) is 1.90. The van der Waals surface area contributed by atoms with Crippen LogP contribution >= 0.6 is 38.6 Å². The lowest BCUT2D eigenvalue weighted by Crippen LogP contribution is -2.27. The minimum absolute atomic E-state index is 0.160. The van der Waals surface area contributed by atoms with Gasteiger partial charge in [0.05, 0.1) is 17.3 Å². The molecule has 0 radical (unpaired) electrons. The monoisotopic (exact) mass is 552 g/mol. The van der Waals surface area contributed by atoms with E-state index in [0.29, 0.717) is 20.8 Å². The molecule has 6 nitrogen and oxygen atoms in total. The predicted octanol–water partition coefficient (Wildman–Crippen LogP) is 5.90. The molecule has 172 valence electrons. The highest BCUT2D eigenvalue weighted by molar-refractivity contribution is 9.10. The summed E-state index contributed by atoms with van der Waals surface area (Å²) in [6.07, 6.45) is 6.22. The van der Waals surface area contributed by atoms with Crippen molar-refractivity contribution in [1.82, 2.24) is 9.55 Å². The number of halogens is 1. The van der Waals surface area contributed by atoms with Gasteiger partial charge in [0.25, 0.3) is 5.56 Å². The largest absolute Gasteiger partial charge is 0.315 e. The van der Waals surface area contributed by atoms with E-state index in [9.17, 15) is 14.9 Å². The van der Waals surface area contributed by atoms with Crippen LogP contribution in [0.25, 0.3) is 21.3 Å². The fraction of sp³-hybridized carbons (Fsp3) is 0.280. The van der Waals surface area contributed by atoms with Gasteiger partial charge in [0, 0.05) is 19.8 Å². The minimum atomic E-state index is -0.338. The van der Waals surface area contributed by atoms with Gasteiger partial charge in [-0.15, -0.1) is 22.7 Å². The number of nitriles is 1. The molecule has 1 aromatic carbocycles. The Balaban J connectivity index is 1.49. The smallest absolute Gasteiger partial charge is 0.263 e. The van der Waals surface area contributed by atoms with Gasteiger partial charge >= 0.3 is 0 Å². The number of benzene rings is 1. The fourth-order valence-electron chi connectivity index (χ4n) is 4.45. The van der Waals surface area contributed by atoms with E-state index in [1.807, 2.05) is 24.3 Å². The van der Waals surface area contributed by atoms with Gasteiger partial charge in [0.2, 0.25) is 5.91 Å². The number of carbonyl (C=O) groups is 1. The maximum Gasteiger partial charge on any atom is 0.263 e. The standard InChI is InChI=1S/C25H21BrN4O2S2/c1-2-18-21(14-7-9-15(26)10-8-14)22-24(33-18)28-13-30(25(22)32)12-20(31)29-23-17(11-27)16-5-3-4-6-19(16)34-23/h7-10,13H,2-6,12H2,1H3,(H,29,31). The number of hydrogen-bond acceptors (Lipinski definition) is 6. The lowest BCUT2D eigenvalue weighted by Gasteiger charge is -2.09. The van der Waals surface area contributed by atoms with E-state index >= 15 is 0 Å². The van der Waals surface area contributed by atoms with Crippen molar-refractivity contribution in [3.63, 3.8) is 0 Å². The molecule has 0 saturated heterocycles. The molecule has 9 heteroatoms. The molecule has 1 amide bonds. The van der Waals surface area contributed by atoms with E-state index in [1.165, 1.54) is 38.4 Å². The van der Waals surface area contributed by atoms with Crippen LogP contribution in [0.15, 0.2) is 39.9 Å². The zero-order valence-electron chi connectivity index (χ0n) is 18.5. The quantitative estimate of drug-likeness (QED) is 0.333. The molecule has 3 heterocycles. The second-order valence-corrected chi connectivity index (χ2v) is 11.3. The Morgan fingerprint density at radius 2 is 2.00 bits per heavy atom. The van der Waals surface area contributed by atoms with Gasteiger partial charge in [0.15, 0.2) is 0 Å². The van der Waals surface area contributed by atoms with Gasteiger partial charge in [-0.1, -0.05) is 35.0 Å². The highest BCUT2D eigenvalue weighted by Crippen LogP contribution is 2.38. The lowest BCUT2D eigenvalue weighted by molar-refractivity contribution is -0.116. The third-order valence-electron chi connectivity index (χ3n) is 6.06. The maximum atomic E-state index is 13.5. The van der Waals surface area contributed by atoms with Crippen molar-refractivity contribution in [3.05, 3.63) is 66.3 Å². The van der Waals surface area contributed by atoms with E-state index in [4.69, 9.17) is 0 Å². The van der Waals surface area contributed by atoms with Crippen molar-refractivity contribution in [1.29, 1.82) is 5.26 Å². The first-order chi connectivity index (χ1) is 16.5. The molecule has 34 heavy (non-hydrogen) atoms. The van der Waals surface area contributed by atoms with Gasteiger partial charge < -0.3 is 5.32 Å². The molecular weight excluding hydrogens is 532 g/mol. The van der Waals surface area contributed by atoms with Crippen LogP contribution in [-0.4, -0.2) is 15.5 Å². The summed E-state index contributed by atoms with van der Waals surface area (Å²) >= 11 is 6.46. The van der Waals surface area contributed by atoms with Crippen molar-refractivity contribution >= 4 is 59.7 Å². The highest BCUT2D eigenvalue weighted by atomic mass is 79.9. The number of rotatable bonds is 5. The molecule has 1 N–H and O–H groups in total. The molecule has 4 aromatic rings. The lowest BCUT2D eigenvalue weighted by atomic mass is 9.96. The molecule has 5 rings (SSSR count). The summed E-state index contributed by atoms with van der Waals surface area (Å²) in [4.78, 5) is 33.8. The number of amides is 1. The summed E-state index contributed by atoms with van der Waals surface area (Å²) in [7, 11) is 0. The van der Waals surface area contributed by atoms with Crippen molar-refractivity contribution in [2.45, 2.75) is 45.6 Å². The van der Waals surface area contributed by atoms with Gasteiger partial charge in [-0.25, -0.2) is 4.98 Å². The Bertz CT molecular complexity index is 1510. The summed E-state index contributed by atoms with van der Waals surface area (Å²) < 4.78 is 2.32. The van der Waals surface area contributed by atoms with E-state index in [1.54, 1.807) is 0 Å². The van der Waals surface area contributed by atoms with E-state index in [0.717, 1.165) is 58.1 Å². The second-order valence-electron chi connectivity index (χ2n) is 8.19. The first kappa shape index (κ1) is 23.0. The van der Waals surface area contributed by atoms with Crippen molar-refractivity contribution < 1.29 is 4.79 Å². The molecule has 0 atom stereocenters. The molecule has 1 aliphatic rings. The number of nitrogens with zero attached hydrogens (tertiary/aromatic N) is 3. The number of aryl methyl sites for hydroxylation is 2. The molecule has 0 fully saturated rings. The van der Waals surface area contributed by atoms with Crippen LogP contribution in [0.1, 0.15) is 40.6 Å². The average Bonchev–Trinajstić information content (AvgIpc) is 3.39. The number of aromatic nitrogens is 2. The number of thiophene rings is 2. The predicted molar refractivity (Wildman–Crippen MR) is 141 cm³/mol. The van der Waals surface area contributed by atoms with Crippen LogP contribution in [0.4, 0.5) is 5.00 Å². The molecular formula is C25H21BrN4O2S2. The maximum absolute atomic E-state index is 13.5. The van der Waals surface area contributed by atoms with Crippen molar-refractivity contribution in [2.75, 3.05) is 5.32 Å². The normalized spacial score (nSPS) is 13.0. The Labute approximate surface area is 213 Å². The van der Waals surface area contributed by atoms with Crippen LogP contribution in [0.3, 0.4) is 0 Å². The number of nitrogens with one attached hydrogen (secondary N) is 1. The van der Waals surface area contributed by atoms with Gasteiger partial charge in [-0.3, -0.25) is 14.2 Å². The van der Waals surface area contributed by atoms with Crippen LogP contribution in [0.5, 0.6) is 0 Å². The Hall–Kier alpha value is -2.80. The first-order valence-corrected chi connectivity index (χ1v) is 13.5. The Morgan fingerprint density at radius 1 is 1.24 bits per heavy atom. The van der Waals surface area contributed by atoms with Crippen LogP contribution in [0, 0.1) is 11.3 Å². The van der Waals surface area contributed by atoms with Crippen molar-refractivity contribution in [3.8, 4) is 17.2 Å². The zero-order valence-corrected chi connectivity index (χ0v) is 21.7. The minimum Gasteiger partial charge on any atom is -0.315 e. The second kappa shape index (κ2) is 9.45. The summed E-state index contributed by atoms with van der Waals surface area (Å²) in [5.74, 6) is -0.338. The third-order valence-corrected chi connectivity index (χ3v) is 9.03. The SMILES string of the molecule is CCc1sc2ncn(CC(=O)Nc3sc4c(c3C#N)CCCC4)c(=O)c2c1-c1ccc(Br)cc1. The molecule has 0 aliphatic heterocycles. The molecule has 1 aliphatic carbocycles. The Kier molecular flexibility index (Phi) is 6.38. The van der Waals surface area contributed by atoms with E-state index < -0.39 is 0 Å². The number of carbonyl (C=O) groups excluding carboxylic acids is 1. The topological polar surface area (TPSA) is 87.8 Å². The molecule has 0 unspecified atom stereocenters. The van der Waals surface area contributed by atoms with Gasteiger partial charge in [-0.05, 0) is 55.4 Å². The molecule has 3 aromatic heterocycles. The van der Waals surface area contributed by atoms with Crippen LogP contribution in [-0.2, 0) is 30.6 Å². The number of anilines is 1. The Morgan fingerprint density at radius 3 is 2.74 bits per heavy atom. The number of fused-ring (bicyclic) bond motifs is 2. The van der Waals surface area contributed by atoms with E-state index in [-0.39, 0.29) is 18.0 Å². The molecule has 0 spiro atoms. The van der Waals surface area contributed by atoms with Crippen LogP contribution < -0.4 is 10.9 Å². The first-order valence-electron chi connectivity index (χ1n) is 11.1. The highest BCUT2D eigenvalue weighted by Gasteiger charge is 2.23. The summed E-state index contributed by atoms with van der Waals surface area (Å²) in [5, 5.41) is 13.7. The molecule has 0 saturated carbocycles. The fourth-order valence-corrected chi connectivity index (χ4v) is 7.06. The summed E-state index contributed by atoms with van der Waals surface area (Å²) in [5.41, 5.74) is 3.24. The van der Waals surface area contributed by atoms with E-state index in [2.05, 4.69) is 39.2 Å².